The SMILES string of the molecule is CN(C=O)c1cc2oc(=O)c(C(=O)O)cc2s1. The number of carboxylic acid groups (broad SMARTS) is 1. The number of carbonyl (C=O) groups excluding carboxylic acids is 1. The van der Waals surface area contributed by atoms with Crippen LogP contribution in [0.5, 0.6) is 0 Å². The van der Waals surface area contributed by atoms with Gasteiger partial charge in [0, 0.05) is 13.1 Å². The zero-order valence-corrected chi connectivity index (χ0v) is 9.48. The Morgan fingerprint density at radius 1 is 1.53 bits per heavy atom. The fraction of sp³-hybridized carbons (Fsp3) is 0.100. The number of aromatic carboxylic acids is 1. The zero-order chi connectivity index (χ0) is 12.6. The predicted molar refractivity (Wildman–Crippen MR) is 61.8 cm³/mol. The molecule has 0 aliphatic carbocycles. The average molecular weight is 253 g/mol. The van der Waals surface area contributed by atoms with Crippen molar-refractivity contribution in [3.8, 4) is 0 Å². The number of thiophene rings is 1. The lowest BCUT2D eigenvalue weighted by atomic mass is 10.3. The number of hydrogen-bond donors (Lipinski definition) is 1. The van der Waals surface area contributed by atoms with Crippen molar-refractivity contribution >= 4 is 39.0 Å². The Morgan fingerprint density at radius 3 is 2.82 bits per heavy atom. The van der Waals surface area contributed by atoms with Crippen LogP contribution in [0, 0.1) is 0 Å². The third-order valence-corrected chi connectivity index (χ3v) is 3.30. The van der Waals surface area contributed by atoms with E-state index < -0.39 is 17.2 Å². The molecule has 0 unspecified atom stereocenters. The number of anilines is 1. The lowest BCUT2D eigenvalue weighted by Crippen LogP contribution is -2.12. The van der Waals surface area contributed by atoms with E-state index in [0.29, 0.717) is 16.1 Å². The monoisotopic (exact) mass is 253 g/mol. The van der Waals surface area contributed by atoms with Crippen molar-refractivity contribution in [2.24, 2.45) is 0 Å². The zero-order valence-electron chi connectivity index (χ0n) is 8.67. The highest BCUT2D eigenvalue weighted by molar-refractivity contribution is 7.22. The molecule has 7 heteroatoms. The van der Waals surface area contributed by atoms with Gasteiger partial charge in [0.05, 0.1) is 4.70 Å². The number of rotatable bonds is 3. The Labute approximate surface area is 98.7 Å². The molecule has 0 bridgehead atoms. The summed E-state index contributed by atoms with van der Waals surface area (Å²) in [5, 5.41) is 9.34. The molecule has 0 atom stereocenters. The molecular weight excluding hydrogens is 246 g/mol. The number of amides is 1. The maximum absolute atomic E-state index is 11.3. The molecule has 0 saturated carbocycles. The molecule has 2 aromatic rings. The maximum atomic E-state index is 11.3. The van der Waals surface area contributed by atoms with Crippen molar-refractivity contribution in [2.75, 3.05) is 11.9 Å². The van der Waals surface area contributed by atoms with Crippen molar-refractivity contribution < 1.29 is 19.1 Å². The van der Waals surface area contributed by atoms with E-state index in [-0.39, 0.29) is 5.58 Å². The van der Waals surface area contributed by atoms with Crippen LogP contribution >= 0.6 is 11.3 Å². The van der Waals surface area contributed by atoms with E-state index in [9.17, 15) is 14.4 Å². The van der Waals surface area contributed by atoms with Gasteiger partial charge in [-0.05, 0) is 6.07 Å². The molecule has 1 N–H and O–H groups in total. The standard InChI is InChI=1S/C10H7NO5S/c1-11(4-12)8-3-6-7(17-8)2-5(9(13)14)10(15)16-6/h2-4H,1H3,(H,13,14). The minimum Gasteiger partial charge on any atom is -0.477 e. The van der Waals surface area contributed by atoms with Crippen LogP contribution in [0.15, 0.2) is 21.3 Å². The van der Waals surface area contributed by atoms with E-state index in [1.807, 2.05) is 0 Å². The minimum absolute atomic E-state index is 0.272. The summed E-state index contributed by atoms with van der Waals surface area (Å²) in [6.07, 6.45) is 0.612. The fourth-order valence-corrected chi connectivity index (χ4v) is 2.23. The molecule has 0 aliphatic heterocycles. The second-order valence-corrected chi connectivity index (χ2v) is 4.34. The van der Waals surface area contributed by atoms with Crippen LogP contribution in [-0.4, -0.2) is 24.5 Å². The van der Waals surface area contributed by atoms with Gasteiger partial charge in [-0.3, -0.25) is 4.79 Å². The van der Waals surface area contributed by atoms with Crippen molar-refractivity contribution in [2.45, 2.75) is 0 Å². The molecule has 0 saturated heterocycles. The van der Waals surface area contributed by atoms with Gasteiger partial charge in [0.25, 0.3) is 0 Å². The molecule has 88 valence electrons. The average Bonchev–Trinajstić information content (AvgIpc) is 2.69. The Bertz CT molecular complexity index is 656. The lowest BCUT2D eigenvalue weighted by Gasteiger charge is -2.04. The maximum Gasteiger partial charge on any atom is 0.351 e. The first-order chi connectivity index (χ1) is 8.02. The van der Waals surface area contributed by atoms with Crippen LogP contribution in [0.1, 0.15) is 10.4 Å². The highest BCUT2D eigenvalue weighted by Crippen LogP contribution is 2.30. The largest absolute Gasteiger partial charge is 0.477 e. The summed E-state index contributed by atoms with van der Waals surface area (Å²) >= 11 is 1.17. The molecular formula is C10H7NO5S. The van der Waals surface area contributed by atoms with Gasteiger partial charge in [-0.25, -0.2) is 9.59 Å². The third-order valence-electron chi connectivity index (χ3n) is 2.15. The molecule has 0 spiro atoms. The van der Waals surface area contributed by atoms with Gasteiger partial charge in [-0.2, -0.15) is 0 Å². The van der Waals surface area contributed by atoms with Gasteiger partial charge in [0.2, 0.25) is 6.41 Å². The molecule has 0 aliphatic rings. The highest BCUT2D eigenvalue weighted by atomic mass is 32.1. The summed E-state index contributed by atoms with van der Waals surface area (Å²) in [7, 11) is 1.55. The van der Waals surface area contributed by atoms with Crippen LogP contribution < -0.4 is 10.5 Å². The number of carbonyl (C=O) groups is 2. The van der Waals surface area contributed by atoms with Gasteiger partial charge < -0.3 is 14.4 Å². The molecule has 0 radical (unpaired) electrons. The van der Waals surface area contributed by atoms with Crippen LogP contribution in [0.25, 0.3) is 10.3 Å². The predicted octanol–water partition coefficient (Wildman–Crippen LogP) is 1.15. The molecule has 0 fully saturated rings. The number of carboxylic acids is 1. The summed E-state index contributed by atoms with van der Waals surface area (Å²) in [6.45, 7) is 0. The van der Waals surface area contributed by atoms with Crippen LogP contribution in [0.3, 0.4) is 0 Å². The Balaban J connectivity index is 2.66. The summed E-state index contributed by atoms with van der Waals surface area (Å²) in [5.74, 6) is -1.33. The van der Waals surface area contributed by atoms with Gasteiger partial charge in [-0.15, -0.1) is 11.3 Å². The second-order valence-electron chi connectivity index (χ2n) is 3.28. The first kappa shape index (κ1) is 11.3. The van der Waals surface area contributed by atoms with Gasteiger partial charge in [0.15, 0.2) is 5.58 Å². The Kier molecular flexibility index (Phi) is 2.68. The van der Waals surface area contributed by atoms with E-state index in [1.54, 1.807) is 7.05 Å². The fourth-order valence-electron chi connectivity index (χ4n) is 1.28. The van der Waals surface area contributed by atoms with Crippen molar-refractivity contribution in [3.05, 3.63) is 28.1 Å². The quantitative estimate of drug-likeness (QED) is 0.829. The normalized spacial score (nSPS) is 10.4. The Hall–Kier alpha value is -2.15. The molecule has 2 rings (SSSR count). The molecule has 17 heavy (non-hydrogen) atoms. The van der Waals surface area contributed by atoms with E-state index in [1.165, 1.54) is 28.4 Å². The van der Waals surface area contributed by atoms with E-state index in [2.05, 4.69) is 0 Å². The molecule has 6 nitrogen and oxygen atoms in total. The Morgan fingerprint density at radius 2 is 2.24 bits per heavy atom. The number of hydrogen-bond acceptors (Lipinski definition) is 5. The topological polar surface area (TPSA) is 87.8 Å². The molecule has 1 amide bonds. The lowest BCUT2D eigenvalue weighted by molar-refractivity contribution is -0.107. The number of fused-ring (bicyclic) bond motifs is 1. The van der Waals surface area contributed by atoms with E-state index in [0.717, 1.165) is 0 Å². The van der Waals surface area contributed by atoms with Crippen LogP contribution in [0.2, 0.25) is 0 Å². The first-order valence-electron chi connectivity index (χ1n) is 4.52. The van der Waals surface area contributed by atoms with Crippen LogP contribution in [0.4, 0.5) is 5.00 Å². The number of nitrogens with zero attached hydrogens (tertiary/aromatic N) is 1. The van der Waals surface area contributed by atoms with E-state index in [4.69, 9.17) is 9.52 Å². The van der Waals surface area contributed by atoms with Crippen molar-refractivity contribution in [1.82, 2.24) is 0 Å². The summed E-state index contributed by atoms with van der Waals surface area (Å²) in [4.78, 5) is 33.9. The molecule has 0 aromatic carbocycles. The molecule has 2 aromatic heterocycles. The first-order valence-corrected chi connectivity index (χ1v) is 5.33. The minimum atomic E-state index is -1.33. The second kappa shape index (κ2) is 4.02. The third kappa shape index (κ3) is 1.92. The van der Waals surface area contributed by atoms with Gasteiger partial charge in [-0.1, -0.05) is 0 Å². The van der Waals surface area contributed by atoms with Crippen molar-refractivity contribution in [3.63, 3.8) is 0 Å². The van der Waals surface area contributed by atoms with Gasteiger partial charge >= 0.3 is 11.6 Å². The smallest absolute Gasteiger partial charge is 0.351 e. The van der Waals surface area contributed by atoms with Crippen LogP contribution in [-0.2, 0) is 4.79 Å². The van der Waals surface area contributed by atoms with E-state index >= 15 is 0 Å². The highest BCUT2D eigenvalue weighted by Gasteiger charge is 2.15. The van der Waals surface area contributed by atoms with Crippen molar-refractivity contribution in [1.29, 1.82) is 0 Å². The molecule has 2 heterocycles. The summed E-state index contributed by atoms with van der Waals surface area (Å²) < 4.78 is 5.37. The summed E-state index contributed by atoms with van der Waals surface area (Å²) in [5.41, 5.74) is -1.04. The summed E-state index contributed by atoms with van der Waals surface area (Å²) in [6, 6.07) is 2.76. The van der Waals surface area contributed by atoms with Gasteiger partial charge in [0.1, 0.15) is 10.6 Å².